The molecule has 1 amide bonds. The average Bonchev–Trinajstić information content (AvgIpc) is 3.01. The van der Waals surface area contributed by atoms with E-state index in [-0.39, 0.29) is 12.3 Å². The van der Waals surface area contributed by atoms with Crippen LogP contribution in [0.25, 0.3) is 11.3 Å². The largest absolute Gasteiger partial charge is 0.417 e. The van der Waals surface area contributed by atoms with Gasteiger partial charge in [0, 0.05) is 18.8 Å². The summed E-state index contributed by atoms with van der Waals surface area (Å²) in [5.41, 5.74) is 0.471. The summed E-state index contributed by atoms with van der Waals surface area (Å²) in [5.74, 6) is -0.879. The van der Waals surface area contributed by atoms with Crippen molar-refractivity contribution in [1.82, 2.24) is 9.78 Å². The second-order valence-electron chi connectivity index (χ2n) is 5.92. The minimum atomic E-state index is -4.64. The van der Waals surface area contributed by atoms with Crippen molar-refractivity contribution in [2.75, 3.05) is 5.32 Å². The Bertz CT molecular complexity index is 980. The topological polar surface area (TPSA) is 67.2 Å². The third kappa shape index (κ3) is 4.01. The smallest absolute Gasteiger partial charge is 0.392 e. The van der Waals surface area contributed by atoms with Crippen molar-refractivity contribution in [3.8, 4) is 11.3 Å². The van der Waals surface area contributed by atoms with Crippen molar-refractivity contribution >= 4 is 11.6 Å². The van der Waals surface area contributed by atoms with Gasteiger partial charge in [-0.3, -0.25) is 9.48 Å². The van der Waals surface area contributed by atoms with Gasteiger partial charge < -0.3 is 10.4 Å². The molecule has 0 aliphatic heterocycles. The average molecular weight is 375 g/mol. The van der Waals surface area contributed by atoms with E-state index >= 15 is 0 Å². The minimum Gasteiger partial charge on any atom is -0.392 e. The number of nitrogens with zero attached hydrogens (tertiary/aromatic N) is 2. The number of benzene rings is 2. The van der Waals surface area contributed by atoms with Gasteiger partial charge in [-0.2, -0.15) is 18.3 Å². The van der Waals surface area contributed by atoms with Gasteiger partial charge in [-0.1, -0.05) is 30.3 Å². The van der Waals surface area contributed by atoms with Crippen LogP contribution in [0.1, 0.15) is 21.5 Å². The number of carbonyl (C=O) groups excluding carboxylic acids is 1. The van der Waals surface area contributed by atoms with E-state index in [4.69, 9.17) is 0 Å². The normalized spacial score (nSPS) is 11.4. The van der Waals surface area contributed by atoms with E-state index in [0.29, 0.717) is 16.8 Å². The lowest BCUT2D eigenvalue weighted by Crippen LogP contribution is -2.18. The van der Waals surface area contributed by atoms with Crippen LogP contribution in [0.5, 0.6) is 0 Å². The van der Waals surface area contributed by atoms with Crippen molar-refractivity contribution < 1.29 is 23.1 Å². The first-order valence-electron chi connectivity index (χ1n) is 8.01. The van der Waals surface area contributed by atoms with E-state index in [1.165, 1.54) is 23.0 Å². The van der Waals surface area contributed by atoms with Gasteiger partial charge in [-0.25, -0.2) is 0 Å². The maximum absolute atomic E-state index is 13.2. The van der Waals surface area contributed by atoms with Gasteiger partial charge in [-0.15, -0.1) is 0 Å². The first kappa shape index (κ1) is 18.7. The number of aromatic nitrogens is 2. The fraction of sp³-hybridized carbons (Fsp3) is 0.158. The van der Waals surface area contributed by atoms with Gasteiger partial charge >= 0.3 is 6.18 Å². The summed E-state index contributed by atoms with van der Waals surface area (Å²) in [7, 11) is 1.64. The van der Waals surface area contributed by atoms with E-state index in [2.05, 4.69) is 10.4 Å². The van der Waals surface area contributed by atoms with E-state index in [9.17, 15) is 23.1 Å². The highest BCUT2D eigenvalue weighted by molar-refractivity contribution is 6.07. The first-order valence-corrected chi connectivity index (χ1v) is 8.01. The zero-order chi connectivity index (χ0) is 19.6. The summed E-state index contributed by atoms with van der Waals surface area (Å²) in [6, 6.07) is 11.5. The Kier molecular flexibility index (Phi) is 5.00. The number of rotatable bonds is 4. The van der Waals surface area contributed by atoms with Crippen LogP contribution >= 0.6 is 0 Å². The zero-order valence-corrected chi connectivity index (χ0v) is 14.3. The van der Waals surface area contributed by atoms with Crippen LogP contribution in [-0.4, -0.2) is 20.8 Å². The lowest BCUT2D eigenvalue weighted by atomic mass is 10.1. The summed E-state index contributed by atoms with van der Waals surface area (Å²) < 4.78 is 40.9. The van der Waals surface area contributed by atoms with Crippen LogP contribution in [0.4, 0.5) is 18.9 Å². The SMILES string of the molecule is Cn1cc(NC(=O)c2ccccc2C(F)(F)F)c(-c2cccc(CO)c2)n1. The lowest BCUT2D eigenvalue weighted by Gasteiger charge is -2.12. The Morgan fingerprint density at radius 1 is 1.19 bits per heavy atom. The van der Waals surface area contributed by atoms with Crippen LogP contribution in [0.3, 0.4) is 0 Å². The van der Waals surface area contributed by atoms with Gasteiger partial charge in [-0.05, 0) is 23.8 Å². The van der Waals surface area contributed by atoms with Crippen LogP contribution < -0.4 is 5.32 Å². The molecule has 0 saturated carbocycles. The summed E-state index contributed by atoms with van der Waals surface area (Å²) in [4.78, 5) is 12.5. The summed E-state index contributed by atoms with van der Waals surface area (Å²) in [6.45, 7) is -0.165. The highest BCUT2D eigenvalue weighted by atomic mass is 19.4. The van der Waals surface area contributed by atoms with Crippen LogP contribution in [0, 0.1) is 0 Å². The molecule has 0 radical (unpaired) electrons. The number of aliphatic hydroxyl groups is 1. The van der Waals surface area contributed by atoms with Crippen LogP contribution in [-0.2, 0) is 19.8 Å². The maximum Gasteiger partial charge on any atom is 0.417 e. The molecular formula is C19H16F3N3O2. The molecule has 0 saturated heterocycles. The fourth-order valence-corrected chi connectivity index (χ4v) is 2.73. The number of aryl methyl sites for hydroxylation is 1. The Hall–Kier alpha value is -3.13. The molecule has 0 spiro atoms. The number of aliphatic hydroxyl groups excluding tert-OH is 1. The molecule has 8 heteroatoms. The third-order valence-corrected chi connectivity index (χ3v) is 3.94. The molecule has 2 N–H and O–H groups in total. The maximum atomic E-state index is 13.2. The third-order valence-electron chi connectivity index (χ3n) is 3.94. The Balaban J connectivity index is 1.97. The van der Waals surface area contributed by atoms with Gasteiger partial charge in [0.1, 0.15) is 5.69 Å². The van der Waals surface area contributed by atoms with Crippen LogP contribution in [0.15, 0.2) is 54.7 Å². The van der Waals surface area contributed by atoms with Gasteiger partial charge in [0.15, 0.2) is 0 Å². The number of hydrogen-bond acceptors (Lipinski definition) is 3. The second kappa shape index (κ2) is 7.24. The molecule has 2 aromatic carbocycles. The zero-order valence-electron chi connectivity index (χ0n) is 14.3. The van der Waals surface area contributed by atoms with Gasteiger partial charge in [0.25, 0.3) is 5.91 Å². The van der Waals surface area contributed by atoms with E-state index in [1.807, 2.05) is 0 Å². The highest BCUT2D eigenvalue weighted by Gasteiger charge is 2.35. The fourth-order valence-electron chi connectivity index (χ4n) is 2.73. The molecule has 27 heavy (non-hydrogen) atoms. The van der Waals surface area contributed by atoms with Gasteiger partial charge in [0.2, 0.25) is 0 Å². The highest BCUT2D eigenvalue weighted by Crippen LogP contribution is 2.33. The first-order chi connectivity index (χ1) is 12.8. The predicted octanol–water partition coefficient (Wildman–Crippen LogP) is 3.85. The summed E-state index contributed by atoms with van der Waals surface area (Å²) in [6.07, 6.45) is -3.13. The number of nitrogens with one attached hydrogen (secondary N) is 1. The summed E-state index contributed by atoms with van der Waals surface area (Å²) >= 11 is 0. The van der Waals surface area contributed by atoms with E-state index < -0.39 is 23.2 Å². The molecule has 3 rings (SSSR count). The molecule has 0 aliphatic carbocycles. The van der Waals surface area contributed by atoms with E-state index in [0.717, 1.165) is 12.1 Å². The van der Waals surface area contributed by atoms with Crippen molar-refractivity contribution in [3.63, 3.8) is 0 Å². The molecule has 0 fully saturated rings. The standard InChI is InChI=1S/C19H16F3N3O2/c1-25-10-16(17(24-25)13-6-4-5-12(9-13)11-26)23-18(27)14-7-2-3-8-15(14)19(20,21)22/h2-10,26H,11H2,1H3,(H,23,27). The number of carbonyl (C=O) groups is 1. The minimum absolute atomic E-state index is 0.165. The Labute approximate surface area is 153 Å². The van der Waals surface area contributed by atoms with Crippen molar-refractivity contribution in [3.05, 3.63) is 71.4 Å². The molecule has 1 aromatic heterocycles. The molecule has 0 bridgehead atoms. The quantitative estimate of drug-likeness (QED) is 0.728. The number of halogens is 3. The molecule has 3 aromatic rings. The molecule has 1 heterocycles. The molecular weight excluding hydrogens is 359 g/mol. The van der Waals surface area contributed by atoms with Gasteiger partial charge in [0.05, 0.1) is 23.4 Å². The lowest BCUT2D eigenvalue weighted by molar-refractivity contribution is -0.137. The van der Waals surface area contributed by atoms with Crippen molar-refractivity contribution in [2.24, 2.45) is 7.05 Å². The monoisotopic (exact) mass is 375 g/mol. The molecule has 0 atom stereocenters. The second-order valence-corrected chi connectivity index (χ2v) is 5.92. The van der Waals surface area contributed by atoms with Crippen molar-refractivity contribution in [2.45, 2.75) is 12.8 Å². The molecule has 0 aliphatic rings. The Morgan fingerprint density at radius 2 is 1.93 bits per heavy atom. The van der Waals surface area contributed by atoms with E-state index in [1.54, 1.807) is 31.3 Å². The summed E-state index contributed by atoms with van der Waals surface area (Å²) in [5, 5.41) is 16.1. The predicted molar refractivity (Wildman–Crippen MR) is 94.0 cm³/mol. The Morgan fingerprint density at radius 3 is 2.63 bits per heavy atom. The number of alkyl halides is 3. The van der Waals surface area contributed by atoms with Crippen molar-refractivity contribution in [1.29, 1.82) is 0 Å². The number of anilines is 1. The number of amides is 1. The number of hydrogen-bond donors (Lipinski definition) is 2. The molecule has 140 valence electrons. The molecule has 5 nitrogen and oxygen atoms in total. The molecule has 0 unspecified atom stereocenters. The van der Waals surface area contributed by atoms with Crippen LogP contribution in [0.2, 0.25) is 0 Å².